The van der Waals surface area contributed by atoms with Gasteiger partial charge in [-0.15, -0.1) is 16.4 Å². The van der Waals surface area contributed by atoms with Crippen molar-refractivity contribution >= 4 is 46.4 Å². The van der Waals surface area contributed by atoms with Gasteiger partial charge in [-0.3, -0.25) is 33.7 Å². The Morgan fingerprint density at radius 2 is 1.73 bits per heavy atom. The number of morpholine rings is 1. The summed E-state index contributed by atoms with van der Waals surface area (Å²) in [7, 11) is 0. The van der Waals surface area contributed by atoms with Gasteiger partial charge in [0, 0.05) is 87.5 Å². The number of pyridine rings is 1. The zero-order chi connectivity index (χ0) is 60.5. The topological polar surface area (TPSA) is 237 Å². The lowest BCUT2D eigenvalue weighted by molar-refractivity contribution is -0.144. The quantitative estimate of drug-likeness (QED) is 0.0515. The van der Waals surface area contributed by atoms with Crippen molar-refractivity contribution in [2.45, 2.75) is 154 Å². The zero-order valence-corrected chi connectivity index (χ0v) is 49.7. The number of β-amino-alcohol motifs (C(OH)–C–C–N with tert-alkyl or cyclic N) is 1. The number of likely N-dealkylation sites (tertiary alicyclic amines) is 1. The Bertz CT molecular complexity index is 3200. The first kappa shape index (κ1) is 62.6. The van der Waals surface area contributed by atoms with Crippen LogP contribution in [0.5, 0.6) is 0 Å². The number of aryl methyl sites for hydroxylation is 3. The number of unbranched alkanes of at least 4 members (excludes halogenated alkanes) is 2. The van der Waals surface area contributed by atoms with Crippen molar-refractivity contribution in [1.29, 1.82) is 0 Å². The van der Waals surface area contributed by atoms with E-state index in [2.05, 4.69) is 36.2 Å². The molecule has 7 heterocycles. The van der Waals surface area contributed by atoms with Gasteiger partial charge in [-0.05, 0) is 80.0 Å². The van der Waals surface area contributed by atoms with Gasteiger partial charge in [0.2, 0.25) is 23.6 Å². The van der Waals surface area contributed by atoms with Crippen LogP contribution in [0.15, 0.2) is 89.8 Å². The third-order valence-electron chi connectivity index (χ3n) is 15.9. The molecule has 24 heteroatoms. The lowest BCUT2D eigenvalue weighted by atomic mass is 9.85. The van der Waals surface area contributed by atoms with E-state index in [4.69, 9.17) is 23.9 Å². The van der Waals surface area contributed by atoms with Crippen LogP contribution in [-0.4, -0.2) is 152 Å². The molecule has 5 aromatic rings. The Balaban J connectivity index is 0.739. The van der Waals surface area contributed by atoms with Crippen LogP contribution in [0.1, 0.15) is 129 Å². The van der Waals surface area contributed by atoms with Gasteiger partial charge >= 0.3 is 6.18 Å². The van der Waals surface area contributed by atoms with Crippen molar-refractivity contribution in [3.8, 4) is 10.4 Å². The fourth-order valence-corrected chi connectivity index (χ4v) is 12.1. The number of carbonyl (C=O) groups excluding carboxylic acids is 4. The van der Waals surface area contributed by atoms with Crippen LogP contribution >= 0.6 is 11.3 Å². The number of aliphatic imine (C=N–C) groups is 1. The van der Waals surface area contributed by atoms with Crippen molar-refractivity contribution in [3.05, 3.63) is 124 Å². The molecule has 3 fully saturated rings. The Hall–Kier alpha value is -6.96. The highest BCUT2D eigenvalue weighted by Crippen LogP contribution is 2.38. The van der Waals surface area contributed by atoms with E-state index < -0.39 is 58.9 Å². The third kappa shape index (κ3) is 15.7. The molecule has 0 saturated carbocycles. The normalized spacial score (nSPS) is 22.0. The summed E-state index contributed by atoms with van der Waals surface area (Å²) >= 11 is 1.57. The van der Waals surface area contributed by atoms with E-state index >= 15 is 0 Å². The number of halogens is 3. The average molecular weight is 1200 g/mol. The van der Waals surface area contributed by atoms with E-state index in [1.807, 2.05) is 88.4 Å². The lowest BCUT2D eigenvalue weighted by Crippen LogP contribution is -2.69. The number of alkyl halides is 3. The van der Waals surface area contributed by atoms with Crippen LogP contribution in [-0.2, 0) is 52.7 Å². The highest BCUT2D eigenvalue weighted by atomic mass is 32.1. The second-order valence-corrected chi connectivity index (χ2v) is 24.2. The molecule has 4 aliphatic heterocycles. The van der Waals surface area contributed by atoms with Crippen LogP contribution in [0.25, 0.3) is 16.0 Å². The molecule has 3 aromatic heterocycles. The minimum Gasteiger partial charge on any atom is -0.475 e. The van der Waals surface area contributed by atoms with Gasteiger partial charge in [0.1, 0.15) is 23.9 Å². The highest BCUT2D eigenvalue weighted by molar-refractivity contribution is 7.13. The van der Waals surface area contributed by atoms with Gasteiger partial charge in [-0.25, -0.2) is 9.98 Å². The molecule has 0 bridgehead atoms. The minimum absolute atomic E-state index is 0.0216. The predicted molar refractivity (Wildman–Crippen MR) is 311 cm³/mol. The molecule has 20 nitrogen and oxygen atoms in total. The van der Waals surface area contributed by atoms with Crippen LogP contribution in [0.2, 0.25) is 0 Å². The van der Waals surface area contributed by atoms with Crippen molar-refractivity contribution in [2.24, 2.45) is 10.4 Å². The maximum atomic E-state index is 14.2. The summed E-state index contributed by atoms with van der Waals surface area (Å²) < 4.78 is 68.0. The van der Waals surface area contributed by atoms with Gasteiger partial charge in [0.15, 0.2) is 5.66 Å². The summed E-state index contributed by atoms with van der Waals surface area (Å²) in [6.07, 6.45) is 2.21. The standard InChI is InChI=1S/C61H76F3N11O9S/c1-38(41-16-18-42(19-17-41)53-40(3)67-37-85-53)68-56(79)51-29-47(76)34-75(51)57(80)54(59(4,5)6)69-52(77)15-8-7-9-22-74-33-46(71-72-74)35-82-36-49-30-48(20-25-83-49)84-58-60(73-23-26-81-27-24-73,31-44(32-66-58)50-14-11-21-65-39(50)2)70-55(78)43-12-10-13-45(28-43)61(62,63)64/h10-14,16-19,21,28,32-33,37-38,47-49,51,54,76H,7-9,15,20,22-27,29-31,34-36H2,1-6H3,(H,68,79)(H,69,77)(H,70,78)/t38?,47-,48-,49-,51+,54?,60?/m1/s1. The summed E-state index contributed by atoms with van der Waals surface area (Å²) in [6.45, 7) is 14.0. The Morgan fingerprint density at radius 3 is 2.46 bits per heavy atom. The van der Waals surface area contributed by atoms with Gasteiger partial charge in [-0.2, -0.15) is 13.2 Å². The number of thiazole rings is 1. The molecular weight excluding hydrogens is 1120 g/mol. The van der Waals surface area contributed by atoms with Gasteiger partial charge < -0.3 is 44.9 Å². The van der Waals surface area contributed by atoms with E-state index in [-0.39, 0.29) is 74.4 Å². The molecule has 85 heavy (non-hydrogen) atoms. The molecular formula is C61H76F3N11O9S. The van der Waals surface area contributed by atoms with Crippen LogP contribution in [0.3, 0.4) is 0 Å². The van der Waals surface area contributed by atoms with E-state index in [9.17, 15) is 37.5 Å². The van der Waals surface area contributed by atoms with E-state index in [1.165, 1.54) is 17.0 Å². The predicted octanol–water partition coefficient (Wildman–Crippen LogP) is 7.75. The van der Waals surface area contributed by atoms with Gasteiger partial charge in [0.05, 0.1) is 79.1 Å². The number of ether oxygens (including phenoxy) is 4. The molecule has 4 N–H and O–H groups in total. The first-order valence-electron chi connectivity index (χ1n) is 29.0. The number of nitrogens with zero attached hydrogens (tertiary/aromatic N) is 8. The van der Waals surface area contributed by atoms with E-state index in [0.29, 0.717) is 77.3 Å². The molecule has 0 radical (unpaired) electrons. The second-order valence-electron chi connectivity index (χ2n) is 23.3. The fourth-order valence-electron chi connectivity index (χ4n) is 11.2. The largest absolute Gasteiger partial charge is 0.475 e. The molecule has 7 atom stereocenters. The molecule has 0 spiro atoms. The smallest absolute Gasteiger partial charge is 0.416 e. The molecule has 0 aliphatic carbocycles. The summed E-state index contributed by atoms with van der Waals surface area (Å²) in [5.41, 5.74) is 4.42. The Labute approximate surface area is 497 Å². The molecule has 2 aromatic carbocycles. The second kappa shape index (κ2) is 27.6. The van der Waals surface area contributed by atoms with Crippen LogP contribution < -0.4 is 16.0 Å². The molecule has 456 valence electrons. The number of rotatable bonds is 21. The number of amides is 4. The van der Waals surface area contributed by atoms with Crippen molar-refractivity contribution in [2.75, 3.05) is 46.1 Å². The van der Waals surface area contributed by atoms with Crippen molar-refractivity contribution < 1.29 is 56.4 Å². The number of carbonyl (C=O) groups is 4. The van der Waals surface area contributed by atoms with Crippen molar-refractivity contribution in [3.63, 3.8) is 0 Å². The van der Waals surface area contributed by atoms with Gasteiger partial charge in [-0.1, -0.05) is 68.8 Å². The van der Waals surface area contributed by atoms with E-state index in [0.717, 1.165) is 50.7 Å². The lowest BCUT2D eigenvalue weighted by Gasteiger charge is -2.48. The maximum absolute atomic E-state index is 14.2. The number of hydrogen-bond acceptors (Lipinski definition) is 16. The van der Waals surface area contributed by atoms with Crippen LogP contribution in [0, 0.1) is 19.3 Å². The molecule has 4 aliphatic rings. The van der Waals surface area contributed by atoms with Crippen LogP contribution in [0.4, 0.5) is 13.2 Å². The number of aromatic nitrogens is 5. The maximum Gasteiger partial charge on any atom is 0.416 e. The fraction of sp³-hybridized carbons (Fsp3) is 0.525. The number of benzene rings is 2. The SMILES string of the molecule is Cc1ncccc1C1=CN=C(O[C@@H]2CCO[C@@H](COCc3cn(CCCCCC(=O)NC(C(=O)N4C[C@H](O)C[C@H]4C(=O)NC(C)c4ccc(-c5scnc5C)cc4)C(C)(C)C)nn3)C2)C(NC(=O)c2cccc(C(F)(F)F)c2)(N2CCOCC2)C1. The Kier molecular flexibility index (Phi) is 20.3. The summed E-state index contributed by atoms with van der Waals surface area (Å²) in [4.78, 5) is 73.8. The Morgan fingerprint density at radius 1 is 0.941 bits per heavy atom. The third-order valence-corrected chi connectivity index (χ3v) is 16.9. The average Bonchev–Trinajstić information content (AvgIpc) is 2.16. The first-order chi connectivity index (χ1) is 40.6. The zero-order valence-electron chi connectivity index (χ0n) is 48.9. The summed E-state index contributed by atoms with van der Waals surface area (Å²) in [5.74, 6) is -1.59. The highest BCUT2D eigenvalue weighted by Gasteiger charge is 2.50. The molecule has 3 unspecified atom stereocenters. The minimum atomic E-state index is -4.65. The monoisotopic (exact) mass is 1200 g/mol. The molecule has 9 rings (SSSR count). The first-order valence-corrected chi connectivity index (χ1v) is 29.9. The number of aliphatic hydroxyl groups is 1. The summed E-state index contributed by atoms with van der Waals surface area (Å²) in [5, 5.41) is 28.4. The molecule has 4 amide bonds. The summed E-state index contributed by atoms with van der Waals surface area (Å²) in [6, 6.07) is 13.8. The van der Waals surface area contributed by atoms with E-state index in [1.54, 1.807) is 34.6 Å². The van der Waals surface area contributed by atoms with Gasteiger partial charge in [0.25, 0.3) is 5.91 Å². The number of hydrogen-bond donors (Lipinski definition) is 4. The molecule has 3 saturated heterocycles. The van der Waals surface area contributed by atoms with Crippen molar-refractivity contribution in [1.82, 2.24) is 50.7 Å². The number of aliphatic hydroxyl groups excluding tert-OH is 1. The number of nitrogens with one attached hydrogen (secondary N) is 3.